The number of thiazole rings is 1. The van der Waals surface area contributed by atoms with Crippen molar-refractivity contribution in [2.24, 2.45) is 0 Å². The lowest BCUT2D eigenvalue weighted by Crippen LogP contribution is -2.02. The fraction of sp³-hybridized carbons (Fsp3) is 0.200. The van der Waals surface area contributed by atoms with Crippen LogP contribution in [0.4, 0.5) is 0 Å². The summed E-state index contributed by atoms with van der Waals surface area (Å²) in [4.78, 5) is 8.26. The molecule has 2 aromatic heterocycles. The number of nitrogens with zero attached hydrogens (tertiary/aromatic N) is 2. The summed E-state index contributed by atoms with van der Waals surface area (Å²) >= 11 is 4.77. The Hall–Kier alpha value is -0.780. The van der Waals surface area contributed by atoms with E-state index in [0.717, 1.165) is 15.2 Å². The molecule has 0 saturated heterocycles. The number of hydrogen-bond donors (Lipinski definition) is 1. The van der Waals surface area contributed by atoms with Crippen LogP contribution in [0.1, 0.15) is 16.8 Å². The molecular weight excluding hydrogens is 276 g/mol. The third kappa shape index (κ3) is 2.84. The summed E-state index contributed by atoms with van der Waals surface area (Å²) in [7, 11) is 0. The average Bonchev–Trinajstić information content (AvgIpc) is 2.74. The van der Waals surface area contributed by atoms with Gasteiger partial charge in [0, 0.05) is 34.4 Å². The molecule has 15 heavy (non-hydrogen) atoms. The minimum Gasteiger partial charge on any atom is -0.386 e. The molecule has 2 heterocycles. The largest absolute Gasteiger partial charge is 0.386 e. The first-order valence-corrected chi connectivity index (χ1v) is 6.11. The van der Waals surface area contributed by atoms with Crippen molar-refractivity contribution in [1.82, 2.24) is 9.97 Å². The van der Waals surface area contributed by atoms with Crippen LogP contribution in [0.3, 0.4) is 0 Å². The molecule has 78 valence electrons. The van der Waals surface area contributed by atoms with Gasteiger partial charge in [-0.2, -0.15) is 0 Å². The van der Waals surface area contributed by atoms with Crippen molar-refractivity contribution in [1.29, 1.82) is 0 Å². The predicted octanol–water partition coefficient (Wildman–Crippen LogP) is 2.58. The van der Waals surface area contributed by atoms with Gasteiger partial charge in [-0.15, -0.1) is 11.3 Å². The number of aliphatic hydroxyl groups is 1. The Balaban J connectivity index is 2.06. The topological polar surface area (TPSA) is 46.0 Å². The van der Waals surface area contributed by atoms with Crippen LogP contribution in [0, 0.1) is 0 Å². The van der Waals surface area contributed by atoms with Crippen LogP contribution in [0.2, 0.25) is 0 Å². The number of aromatic nitrogens is 2. The summed E-state index contributed by atoms with van der Waals surface area (Å²) in [6.07, 6.45) is 3.36. The third-order valence-corrected chi connectivity index (χ3v) is 3.27. The molecule has 5 heteroatoms. The quantitative estimate of drug-likeness (QED) is 0.942. The van der Waals surface area contributed by atoms with Gasteiger partial charge in [0.15, 0.2) is 0 Å². The molecule has 2 aromatic rings. The summed E-state index contributed by atoms with van der Waals surface area (Å²) in [5.74, 6) is 0. The lowest BCUT2D eigenvalue weighted by Gasteiger charge is -2.06. The first-order chi connectivity index (χ1) is 7.25. The summed E-state index contributed by atoms with van der Waals surface area (Å²) in [6.45, 7) is 0. The highest BCUT2D eigenvalue weighted by molar-refractivity contribution is 9.10. The monoisotopic (exact) mass is 284 g/mol. The Morgan fingerprint density at radius 1 is 1.40 bits per heavy atom. The van der Waals surface area contributed by atoms with E-state index in [1.54, 1.807) is 12.4 Å². The van der Waals surface area contributed by atoms with E-state index in [2.05, 4.69) is 25.9 Å². The molecule has 1 N–H and O–H groups in total. The minimum atomic E-state index is -0.557. The predicted molar refractivity (Wildman–Crippen MR) is 62.7 cm³/mol. The van der Waals surface area contributed by atoms with Crippen molar-refractivity contribution in [2.75, 3.05) is 0 Å². The summed E-state index contributed by atoms with van der Waals surface area (Å²) < 4.78 is 0.940. The highest BCUT2D eigenvalue weighted by atomic mass is 79.9. The van der Waals surface area contributed by atoms with Crippen LogP contribution < -0.4 is 0 Å². The molecule has 1 unspecified atom stereocenters. The smallest absolute Gasteiger partial charge is 0.122 e. The maximum Gasteiger partial charge on any atom is 0.122 e. The normalized spacial score (nSPS) is 12.7. The van der Waals surface area contributed by atoms with E-state index in [0.29, 0.717) is 6.42 Å². The minimum absolute atomic E-state index is 0.501. The van der Waals surface area contributed by atoms with Gasteiger partial charge in [0.05, 0.1) is 0 Å². The van der Waals surface area contributed by atoms with Crippen LogP contribution in [-0.2, 0) is 6.42 Å². The summed E-state index contributed by atoms with van der Waals surface area (Å²) in [6, 6.07) is 3.80. The Bertz CT molecular complexity index is 415. The fourth-order valence-corrected chi connectivity index (χ4v) is 2.07. The van der Waals surface area contributed by atoms with Gasteiger partial charge >= 0.3 is 0 Å². The molecular formula is C10H9BrN2OS. The Morgan fingerprint density at radius 3 is 2.87 bits per heavy atom. The Kier molecular flexibility index (Phi) is 3.45. The van der Waals surface area contributed by atoms with Gasteiger partial charge in [-0.1, -0.05) is 0 Å². The van der Waals surface area contributed by atoms with Crippen molar-refractivity contribution >= 4 is 27.3 Å². The van der Waals surface area contributed by atoms with Crippen LogP contribution in [0.5, 0.6) is 0 Å². The summed E-state index contributed by atoms with van der Waals surface area (Å²) in [5, 5.41) is 12.4. The number of aliphatic hydroxyl groups excluding tert-OH is 1. The van der Waals surface area contributed by atoms with E-state index in [4.69, 9.17) is 0 Å². The highest BCUT2D eigenvalue weighted by Crippen LogP contribution is 2.19. The van der Waals surface area contributed by atoms with Crippen LogP contribution in [-0.4, -0.2) is 15.1 Å². The van der Waals surface area contributed by atoms with Crippen molar-refractivity contribution in [3.63, 3.8) is 0 Å². The molecule has 1 atom stereocenters. The van der Waals surface area contributed by atoms with E-state index < -0.39 is 6.10 Å². The second-order valence-electron chi connectivity index (χ2n) is 3.06. The molecule has 0 radical (unpaired) electrons. The molecule has 0 fully saturated rings. The number of pyridine rings is 1. The second-order valence-corrected chi connectivity index (χ2v) is 4.90. The van der Waals surface area contributed by atoms with E-state index in [-0.39, 0.29) is 0 Å². The van der Waals surface area contributed by atoms with Gasteiger partial charge in [-0.05, 0) is 28.1 Å². The van der Waals surface area contributed by atoms with Crippen molar-refractivity contribution in [3.05, 3.63) is 45.1 Å². The number of halogens is 1. The zero-order valence-corrected chi connectivity index (χ0v) is 10.2. The maximum atomic E-state index is 9.83. The van der Waals surface area contributed by atoms with Gasteiger partial charge in [-0.3, -0.25) is 4.98 Å². The van der Waals surface area contributed by atoms with E-state index in [9.17, 15) is 5.11 Å². The van der Waals surface area contributed by atoms with E-state index in [1.165, 1.54) is 11.3 Å². The van der Waals surface area contributed by atoms with Crippen molar-refractivity contribution in [3.8, 4) is 0 Å². The van der Waals surface area contributed by atoms with Gasteiger partial charge in [0.25, 0.3) is 0 Å². The van der Waals surface area contributed by atoms with E-state index in [1.807, 2.05) is 17.5 Å². The molecule has 2 rings (SSSR count). The second kappa shape index (κ2) is 4.83. The first kappa shape index (κ1) is 10.7. The van der Waals surface area contributed by atoms with Gasteiger partial charge in [0.2, 0.25) is 0 Å². The molecule has 3 nitrogen and oxygen atoms in total. The lowest BCUT2D eigenvalue weighted by atomic mass is 10.2. The molecule has 0 amide bonds. The molecule has 0 aliphatic carbocycles. The van der Waals surface area contributed by atoms with Gasteiger partial charge in [-0.25, -0.2) is 4.98 Å². The molecule has 0 aliphatic heterocycles. The van der Waals surface area contributed by atoms with E-state index >= 15 is 0 Å². The van der Waals surface area contributed by atoms with Crippen molar-refractivity contribution < 1.29 is 5.11 Å². The average molecular weight is 285 g/mol. The van der Waals surface area contributed by atoms with Gasteiger partial charge < -0.3 is 5.11 Å². The van der Waals surface area contributed by atoms with Gasteiger partial charge in [0.1, 0.15) is 11.1 Å². The highest BCUT2D eigenvalue weighted by Gasteiger charge is 2.11. The molecule has 0 aliphatic rings. The fourth-order valence-electron chi connectivity index (χ4n) is 1.21. The molecule has 0 bridgehead atoms. The van der Waals surface area contributed by atoms with Crippen LogP contribution in [0.15, 0.2) is 34.4 Å². The molecule has 0 aromatic carbocycles. The molecule has 0 spiro atoms. The SMILES string of the molecule is OC(Cc1ccc(Br)cn1)c1nccs1. The zero-order valence-electron chi connectivity index (χ0n) is 7.80. The number of rotatable bonds is 3. The molecule has 0 saturated carbocycles. The maximum absolute atomic E-state index is 9.83. The standard InChI is InChI=1S/C10H9BrN2OS/c11-7-1-2-8(13-6-7)5-9(14)10-12-3-4-15-10/h1-4,6,9,14H,5H2. The number of hydrogen-bond acceptors (Lipinski definition) is 4. The zero-order chi connectivity index (χ0) is 10.7. The third-order valence-electron chi connectivity index (χ3n) is 1.93. The van der Waals surface area contributed by atoms with Crippen LogP contribution >= 0.6 is 27.3 Å². The Morgan fingerprint density at radius 2 is 2.27 bits per heavy atom. The van der Waals surface area contributed by atoms with Crippen molar-refractivity contribution in [2.45, 2.75) is 12.5 Å². The summed E-state index contributed by atoms with van der Waals surface area (Å²) in [5.41, 5.74) is 0.862. The lowest BCUT2D eigenvalue weighted by molar-refractivity contribution is 0.176. The van der Waals surface area contributed by atoms with Crippen LogP contribution in [0.25, 0.3) is 0 Å². The Labute approximate surface area is 100.0 Å². The first-order valence-electron chi connectivity index (χ1n) is 4.43.